The Bertz CT molecular complexity index is 516. The molecule has 0 atom stereocenters. The Labute approximate surface area is 251 Å². The van der Waals surface area contributed by atoms with Crippen molar-refractivity contribution in [2.75, 3.05) is 0 Å². The molecule has 0 aliphatic rings. The molecular formula is C37H72O3. The second-order valence-electron chi connectivity index (χ2n) is 12.6. The van der Waals surface area contributed by atoms with E-state index in [2.05, 4.69) is 13.8 Å². The number of hydrogen-bond acceptors (Lipinski definition) is 3. The summed E-state index contributed by atoms with van der Waals surface area (Å²) in [4.78, 5) is 23.8. The van der Waals surface area contributed by atoms with Crippen LogP contribution in [0.15, 0.2) is 0 Å². The van der Waals surface area contributed by atoms with Gasteiger partial charge in [-0.05, 0) is 12.8 Å². The molecule has 238 valence electrons. The number of hydrogen-bond donors (Lipinski definition) is 0. The molecule has 0 N–H and O–H groups in total. The van der Waals surface area contributed by atoms with E-state index in [0.717, 1.165) is 25.7 Å². The van der Waals surface area contributed by atoms with Crippen molar-refractivity contribution in [3.8, 4) is 0 Å². The summed E-state index contributed by atoms with van der Waals surface area (Å²) in [5, 5.41) is 0. The third-order valence-corrected chi connectivity index (χ3v) is 8.45. The van der Waals surface area contributed by atoms with Gasteiger partial charge < -0.3 is 4.74 Å². The molecule has 0 rings (SSSR count). The van der Waals surface area contributed by atoms with E-state index >= 15 is 0 Å². The number of carbonyl (C=O) groups is 2. The smallest absolute Gasteiger partial charge is 0.313 e. The average Bonchev–Trinajstić information content (AvgIpc) is 2.94. The highest BCUT2D eigenvalue weighted by molar-refractivity contribution is 5.85. The lowest BCUT2D eigenvalue weighted by Crippen LogP contribution is -2.11. The first-order valence-corrected chi connectivity index (χ1v) is 18.4. The first-order valence-electron chi connectivity index (χ1n) is 18.4. The molecule has 0 aliphatic heterocycles. The van der Waals surface area contributed by atoms with E-state index in [1.807, 2.05) is 0 Å². The Morgan fingerprint density at radius 1 is 0.300 bits per heavy atom. The maximum absolute atomic E-state index is 11.9. The Balaban J connectivity index is 3.26. The van der Waals surface area contributed by atoms with Gasteiger partial charge in [-0.25, -0.2) is 0 Å². The predicted octanol–water partition coefficient (Wildman–Crippen LogP) is 13.0. The minimum atomic E-state index is -0.324. The lowest BCUT2D eigenvalue weighted by molar-refractivity contribution is -0.159. The molecule has 0 radical (unpaired) electrons. The van der Waals surface area contributed by atoms with Crippen LogP contribution in [-0.2, 0) is 14.3 Å². The van der Waals surface area contributed by atoms with Gasteiger partial charge in [-0.1, -0.05) is 200 Å². The van der Waals surface area contributed by atoms with E-state index in [1.165, 1.54) is 173 Å². The van der Waals surface area contributed by atoms with E-state index in [4.69, 9.17) is 4.74 Å². The summed E-state index contributed by atoms with van der Waals surface area (Å²) in [6, 6.07) is 0. The second kappa shape index (κ2) is 34.3. The van der Waals surface area contributed by atoms with Gasteiger partial charge in [0.1, 0.15) is 0 Å². The molecule has 0 saturated carbocycles. The molecule has 0 bridgehead atoms. The van der Waals surface area contributed by atoms with Gasteiger partial charge in [0, 0.05) is 12.8 Å². The summed E-state index contributed by atoms with van der Waals surface area (Å²) in [7, 11) is 0. The van der Waals surface area contributed by atoms with Crippen LogP contribution in [0.3, 0.4) is 0 Å². The van der Waals surface area contributed by atoms with Gasteiger partial charge in [0.15, 0.2) is 0 Å². The van der Waals surface area contributed by atoms with Crippen molar-refractivity contribution in [3.05, 3.63) is 0 Å². The van der Waals surface area contributed by atoms with E-state index in [-0.39, 0.29) is 11.9 Å². The molecule has 0 amide bonds. The number of esters is 2. The standard InChI is InChI=1S/C37H72O3/c1-3-5-7-9-11-13-15-17-18-19-20-21-22-23-25-27-29-31-33-35-37(39)40-36(38)34-32-30-28-26-24-16-14-12-10-8-6-4-2/h3-35H2,1-2H3. The van der Waals surface area contributed by atoms with Gasteiger partial charge in [-0.3, -0.25) is 9.59 Å². The average molecular weight is 565 g/mol. The van der Waals surface area contributed by atoms with Crippen molar-refractivity contribution >= 4 is 11.9 Å². The fraction of sp³-hybridized carbons (Fsp3) is 0.946. The molecule has 0 heterocycles. The van der Waals surface area contributed by atoms with Crippen LogP contribution in [-0.4, -0.2) is 11.9 Å². The summed E-state index contributed by atoms with van der Waals surface area (Å²) in [5.41, 5.74) is 0. The summed E-state index contributed by atoms with van der Waals surface area (Å²) in [6.45, 7) is 4.55. The fourth-order valence-electron chi connectivity index (χ4n) is 5.69. The minimum Gasteiger partial charge on any atom is -0.393 e. The highest BCUT2D eigenvalue weighted by atomic mass is 16.6. The van der Waals surface area contributed by atoms with E-state index in [9.17, 15) is 9.59 Å². The summed E-state index contributed by atoms with van der Waals surface area (Å²) in [6.07, 6.45) is 41.6. The van der Waals surface area contributed by atoms with Crippen molar-refractivity contribution < 1.29 is 14.3 Å². The van der Waals surface area contributed by atoms with Gasteiger partial charge in [0.25, 0.3) is 0 Å². The monoisotopic (exact) mass is 565 g/mol. The number of rotatable bonds is 33. The van der Waals surface area contributed by atoms with Crippen molar-refractivity contribution in [3.63, 3.8) is 0 Å². The van der Waals surface area contributed by atoms with Gasteiger partial charge in [-0.2, -0.15) is 0 Å². The van der Waals surface area contributed by atoms with Gasteiger partial charge in [0.2, 0.25) is 0 Å². The highest BCUT2D eigenvalue weighted by Gasteiger charge is 2.10. The van der Waals surface area contributed by atoms with Crippen molar-refractivity contribution in [1.82, 2.24) is 0 Å². The highest BCUT2D eigenvalue weighted by Crippen LogP contribution is 2.16. The van der Waals surface area contributed by atoms with Crippen LogP contribution < -0.4 is 0 Å². The molecule has 0 fully saturated rings. The van der Waals surface area contributed by atoms with Crippen LogP contribution in [0.2, 0.25) is 0 Å². The Kier molecular flexibility index (Phi) is 33.6. The Morgan fingerprint density at radius 2 is 0.475 bits per heavy atom. The maximum Gasteiger partial charge on any atom is 0.313 e. The van der Waals surface area contributed by atoms with Crippen molar-refractivity contribution in [2.45, 2.75) is 226 Å². The van der Waals surface area contributed by atoms with Crippen molar-refractivity contribution in [1.29, 1.82) is 0 Å². The topological polar surface area (TPSA) is 43.4 Å². The molecule has 0 aromatic carbocycles. The Morgan fingerprint density at radius 3 is 0.675 bits per heavy atom. The third kappa shape index (κ3) is 33.3. The van der Waals surface area contributed by atoms with Crippen LogP contribution in [0, 0.1) is 0 Å². The van der Waals surface area contributed by atoms with E-state index in [1.54, 1.807) is 0 Å². The molecule has 3 heteroatoms. The molecule has 0 aromatic rings. The summed E-state index contributed by atoms with van der Waals surface area (Å²) >= 11 is 0. The van der Waals surface area contributed by atoms with Gasteiger partial charge >= 0.3 is 11.9 Å². The molecule has 0 spiro atoms. The molecule has 0 aromatic heterocycles. The van der Waals surface area contributed by atoms with Crippen LogP contribution in [0.5, 0.6) is 0 Å². The van der Waals surface area contributed by atoms with Gasteiger partial charge in [-0.15, -0.1) is 0 Å². The zero-order chi connectivity index (χ0) is 29.2. The zero-order valence-corrected chi connectivity index (χ0v) is 27.6. The van der Waals surface area contributed by atoms with Crippen LogP contribution in [0.4, 0.5) is 0 Å². The van der Waals surface area contributed by atoms with Crippen LogP contribution >= 0.6 is 0 Å². The normalized spacial score (nSPS) is 11.2. The molecule has 0 saturated heterocycles. The molecular weight excluding hydrogens is 492 g/mol. The van der Waals surface area contributed by atoms with E-state index in [0.29, 0.717) is 12.8 Å². The van der Waals surface area contributed by atoms with Crippen LogP contribution in [0.1, 0.15) is 226 Å². The van der Waals surface area contributed by atoms with Crippen molar-refractivity contribution in [2.24, 2.45) is 0 Å². The predicted molar refractivity (Wildman–Crippen MR) is 175 cm³/mol. The molecule has 0 unspecified atom stereocenters. The second-order valence-corrected chi connectivity index (χ2v) is 12.6. The maximum atomic E-state index is 11.9. The molecule has 0 aliphatic carbocycles. The summed E-state index contributed by atoms with van der Waals surface area (Å²) < 4.78 is 5.01. The SMILES string of the molecule is CCCCCCCCCCCCCCCCCCCCCC(=O)OC(=O)CCCCCCCCCCCCCC. The quantitative estimate of drug-likeness (QED) is 0.0452. The zero-order valence-electron chi connectivity index (χ0n) is 27.6. The van der Waals surface area contributed by atoms with E-state index < -0.39 is 0 Å². The molecule has 40 heavy (non-hydrogen) atoms. The third-order valence-electron chi connectivity index (χ3n) is 8.45. The van der Waals surface area contributed by atoms with Gasteiger partial charge in [0.05, 0.1) is 0 Å². The number of unbranched alkanes of at least 4 members (excludes halogenated alkanes) is 29. The largest absolute Gasteiger partial charge is 0.393 e. The first kappa shape index (κ1) is 39.1. The number of ether oxygens (including phenoxy) is 1. The minimum absolute atomic E-state index is 0.323. The lowest BCUT2D eigenvalue weighted by Gasteiger charge is -2.05. The first-order chi connectivity index (χ1) is 19.7. The molecule has 3 nitrogen and oxygen atoms in total. The lowest BCUT2D eigenvalue weighted by atomic mass is 10.0. The Hall–Kier alpha value is -0.860. The summed E-state index contributed by atoms with van der Waals surface area (Å²) in [5.74, 6) is -0.647. The van der Waals surface area contributed by atoms with Crippen LogP contribution in [0.25, 0.3) is 0 Å². The fourth-order valence-corrected chi connectivity index (χ4v) is 5.69. The number of carbonyl (C=O) groups excluding carboxylic acids is 2.